The number of ether oxygens (including phenoxy) is 2. The number of amides is 2. The van der Waals surface area contributed by atoms with Crippen LogP contribution in [0.15, 0.2) is 36.7 Å². The number of nitrogens with one attached hydrogen (secondary N) is 1. The first-order valence-electron chi connectivity index (χ1n) is 10.5. The molecule has 1 atom stereocenters. The van der Waals surface area contributed by atoms with Crippen LogP contribution in [0.3, 0.4) is 0 Å². The molecule has 1 saturated heterocycles. The van der Waals surface area contributed by atoms with Gasteiger partial charge in [0.05, 0.1) is 13.2 Å². The standard InChI is InChI=1S/C22H31N5O3/c1-4-5-15-29-18-10-8-17(9-11-18)25-22(28)27-14-6-7-19(16-27)30-21-20(26(2)3)23-12-13-24-21/h8-13,19H,4-7,14-16H2,1-3H3,(H,25,28). The second kappa shape index (κ2) is 10.7. The van der Waals surface area contributed by atoms with Crippen molar-refractivity contribution in [3.63, 3.8) is 0 Å². The third kappa shape index (κ3) is 5.98. The number of aromatic nitrogens is 2. The molecule has 1 aromatic carbocycles. The zero-order valence-corrected chi connectivity index (χ0v) is 18.0. The highest BCUT2D eigenvalue weighted by molar-refractivity contribution is 5.89. The molecular formula is C22H31N5O3. The topological polar surface area (TPSA) is 79.8 Å². The van der Waals surface area contributed by atoms with Gasteiger partial charge in [-0.05, 0) is 43.5 Å². The van der Waals surface area contributed by atoms with Crippen LogP contribution < -0.4 is 19.7 Å². The van der Waals surface area contributed by atoms with Crippen molar-refractivity contribution in [2.75, 3.05) is 44.0 Å². The molecule has 162 valence electrons. The van der Waals surface area contributed by atoms with E-state index in [4.69, 9.17) is 9.47 Å². The molecule has 8 nitrogen and oxygen atoms in total. The van der Waals surface area contributed by atoms with Crippen molar-refractivity contribution in [1.29, 1.82) is 0 Å². The molecule has 1 aromatic heterocycles. The van der Waals surface area contributed by atoms with Crippen LogP contribution in [-0.4, -0.2) is 60.8 Å². The second-order valence-electron chi connectivity index (χ2n) is 7.56. The van der Waals surface area contributed by atoms with Crippen LogP contribution in [0, 0.1) is 0 Å². The molecular weight excluding hydrogens is 382 g/mol. The number of hydrogen-bond acceptors (Lipinski definition) is 6. The van der Waals surface area contributed by atoms with Crippen LogP contribution in [0.25, 0.3) is 0 Å². The van der Waals surface area contributed by atoms with E-state index in [-0.39, 0.29) is 12.1 Å². The number of likely N-dealkylation sites (tertiary alicyclic amines) is 1. The lowest BCUT2D eigenvalue weighted by Gasteiger charge is -2.33. The van der Waals surface area contributed by atoms with Gasteiger partial charge in [0.15, 0.2) is 5.82 Å². The molecule has 30 heavy (non-hydrogen) atoms. The van der Waals surface area contributed by atoms with Gasteiger partial charge in [-0.1, -0.05) is 13.3 Å². The van der Waals surface area contributed by atoms with Crippen LogP contribution in [0.5, 0.6) is 11.6 Å². The average molecular weight is 414 g/mol. The van der Waals surface area contributed by atoms with Crippen LogP contribution in [0.4, 0.5) is 16.3 Å². The van der Waals surface area contributed by atoms with E-state index in [1.54, 1.807) is 17.3 Å². The van der Waals surface area contributed by atoms with Crippen molar-refractivity contribution in [3.05, 3.63) is 36.7 Å². The van der Waals surface area contributed by atoms with Gasteiger partial charge in [-0.2, -0.15) is 0 Å². The first-order valence-corrected chi connectivity index (χ1v) is 10.5. The van der Waals surface area contributed by atoms with Gasteiger partial charge in [0.2, 0.25) is 0 Å². The van der Waals surface area contributed by atoms with Crippen molar-refractivity contribution in [2.45, 2.75) is 38.7 Å². The van der Waals surface area contributed by atoms with E-state index in [0.29, 0.717) is 31.4 Å². The number of rotatable bonds is 8. The lowest BCUT2D eigenvalue weighted by Crippen LogP contribution is -2.46. The fourth-order valence-electron chi connectivity index (χ4n) is 3.26. The van der Waals surface area contributed by atoms with Crippen LogP contribution in [0.2, 0.25) is 0 Å². The van der Waals surface area contributed by atoms with Crippen molar-refractivity contribution < 1.29 is 14.3 Å². The van der Waals surface area contributed by atoms with Gasteiger partial charge in [-0.25, -0.2) is 14.8 Å². The van der Waals surface area contributed by atoms with Crippen molar-refractivity contribution in [3.8, 4) is 11.6 Å². The predicted octanol–water partition coefficient (Wildman–Crippen LogP) is 3.80. The predicted molar refractivity (Wildman–Crippen MR) is 117 cm³/mol. The van der Waals surface area contributed by atoms with Crippen molar-refractivity contribution in [2.24, 2.45) is 0 Å². The minimum atomic E-state index is -0.130. The maximum Gasteiger partial charge on any atom is 0.321 e. The lowest BCUT2D eigenvalue weighted by molar-refractivity contribution is 0.103. The molecule has 1 fully saturated rings. The van der Waals surface area contributed by atoms with E-state index in [1.165, 1.54) is 0 Å². The highest BCUT2D eigenvalue weighted by Crippen LogP contribution is 2.24. The van der Waals surface area contributed by atoms with E-state index in [2.05, 4.69) is 22.2 Å². The largest absolute Gasteiger partial charge is 0.494 e. The summed E-state index contributed by atoms with van der Waals surface area (Å²) >= 11 is 0. The Morgan fingerprint density at radius 3 is 2.73 bits per heavy atom. The summed E-state index contributed by atoms with van der Waals surface area (Å²) in [5.74, 6) is 1.99. The zero-order chi connectivity index (χ0) is 21.3. The van der Waals surface area contributed by atoms with Crippen molar-refractivity contribution in [1.82, 2.24) is 14.9 Å². The fourth-order valence-corrected chi connectivity index (χ4v) is 3.26. The number of carbonyl (C=O) groups excluding carboxylic acids is 1. The molecule has 2 amide bonds. The van der Waals surface area contributed by atoms with E-state index < -0.39 is 0 Å². The van der Waals surface area contributed by atoms with Gasteiger partial charge in [0, 0.05) is 38.7 Å². The second-order valence-corrected chi connectivity index (χ2v) is 7.56. The van der Waals surface area contributed by atoms with Crippen LogP contribution >= 0.6 is 0 Å². The summed E-state index contributed by atoms with van der Waals surface area (Å²) in [6.45, 7) is 4.05. The SMILES string of the molecule is CCCCOc1ccc(NC(=O)N2CCCC(Oc3nccnc3N(C)C)C2)cc1. The lowest BCUT2D eigenvalue weighted by atomic mass is 10.1. The molecule has 0 saturated carbocycles. The molecule has 0 radical (unpaired) electrons. The minimum absolute atomic E-state index is 0.116. The highest BCUT2D eigenvalue weighted by atomic mass is 16.5. The summed E-state index contributed by atoms with van der Waals surface area (Å²) in [6, 6.07) is 7.35. The number of piperidine rings is 1. The number of nitrogens with zero attached hydrogens (tertiary/aromatic N) is 4. The summed E-state index contributed by atoms with van der Waals surface area (Å²) in [5, 5.41) is 2.96. The van der Waals surface area contributed by atoms with Crippen molar-refractivity contribution >= 4 is 17.5 Å². The monoisotopic (exact) mass is 413 g/mol. The Hall–Kier alpha value is -3.03. The summed E-state index contributed by atoms with van der Waals surface area (Å²) in [4.78, 5) is 25.0. The van der Waals surface area contributed by atoms with E-state index in [0.717, 1.165) is 37.1 Å². The molecule has 0 aliphatic carbocycles. The third-order valence-electron chi connectivity index (χ3n) is 4.89. The number of benzene rings is 1. The summed E-state index contributed by atoms with van der Waals surface area (Å²) in [7, 11) is 3.80. The number of carbonyl (C=O) groups is 1. The smallest absolute Gasteiger partial charge is 0.321 e. The van der Waals surface area contributed by atoms with Gasteiger partial charge in [0.25, 0.3) is 5.88 Å². The first kappa shape index (κ1) is 21.7. The van der Waals surface area contributed by atoms with Gasteiger partial charge < -0.3 is 24.6 Å². The molecule has 2 aromatic rings. The first-order chi connectivity index (χ1) is 14.6. The molecule has 1 N–H and O–H groups in total. The Bertz CT molecular complexity index is 813. The average Bonchev–Trinajstić information content (AvgIpc) is 2.75. The number of anilines is 2. The van der Waals surface area contributed by atoms with Gasteiger partial charge in [-0.15, -0.1) is 0 Å². The zero-order valence-electron chi connectivity index (χ0n) is 18.0. The summed E-state index contributed by atoms with van der Waals surface area (Å²) in [5.41, 5.74) is 0.745. The van der Waals surface area contributed by atoms with Gasteiger partial charge >= 0.3 is 6.03 Å². The quantitative estimate of drug-likeness (QED) is 0.663. The maximum absolute atomic E-state index is 12.7. The third-order valence-corrected chi connectivity index (χ3v) is 4.89. The Morgan fingerprint density at radius 2 is 2.00 bits per heavy atom. The fraction of sp³-hybridized carbons (Fsp3) is 0.500. The highest BCUT2D eigenvalue weighted by Gasteiger charge is 2.26. The van der Waals surface area contributed by atoms with E-state index in [1.807, 2.05) is 43.3 Å². The molecule has 3 rings (SSSR count). The molecule has 0 spiro atoms. The van der Waals surface area contributed by atoms with E-state index in [9.17, 15) is 4.79 Å². The Labute approximate surface area is 178 Å². The number of urea groups is 1. The number of unbranched alkanes of at least 4 members (excludes halogenated alkanes) is 1. The molecule has 0 bridgehead atoms. The molecule has 8 heteroatoms. The summed E-state index contributed by atoms with van der Waals surface area (Å²) in [6.07, 6.45) is 7.02. The molecule has 1 aliphatic heterocycles. The Balaban J connectivity index is 1.54. The molecule has 1 unspecified atom stereocenters. The van der Waals surface area contributed by atoms with Gasteiger partial charge in [-0.3, -0.25) is 0 Å². The van der Waals surface area contributed by atoms with Crippen LogP contribution in [-0.2, 0) is 0 Å². The van der Waals surface area contributed by atoms with Gasteiger partial charge in [0.1, 0.15) is 11.9 Å². The Kier molecular flexibility index (Phi) is 7.70. The Morgan fingerprint density at radius 1 is 1.23 bits per heavy atom. The minimum Gasteiger partial charge on any atom is -0.494 e. The summed E-state index contributed by atoms with van der Waals surface area (Å²) < 4.78 is 11.8. The molecule has 1 aliphatic rings. The van der Waals surface area contributed by atoms with E-state index >= 15 is 0 Å². The normalized spacial score (nSPS) is 16.1. The number of hydrogen-bond donors (Lipinski definition) is 1. The molecule has 2 heterocycles. The van der Waals surface area contributed by atoms with Crippen LogP contribution in [0.1, 0.15) is 32.6 Å². The maximum atomic E-state index is 12.7.